The van der Waals surface area contributed by atoms with E-state index < -0.39 is 5.82 Å². The zero-order chi connectivity index (χ0) is 12.5. The fourth-order valence-corrected chi connectivity index (χ4v) is 1.80. The quantitative estimate of drug-likeness (QED) is 0.724. The zero-order valence-corrected chi connectivity index (χ0v) is 10.4. The molecule has 0 saturated heterocycles. The summed E-state index contributed by atoms with van der Waals surface area (Å²) in [5.41, 5.74) is 2.72. The number of rotatable bonds is 0. The predicted octanol–water partition coefficient (Wildman–Crippen LogP) is 3.67. The molecule has 0 spiro atoms. The van der Waals surface area contributed by atoms with E-state index in [1.807, 2.05) is 39.3 Å². The Morgan fingerprint density at radius 1 is 1.19 bits per heavy atom. The third-order valence-electron chi connectivity index (χ3n) is 2.88. The maximum atomic E-state index is 13.6. The van der Waals surface area contributed by atoms with Gasteiger partial charge in [0, 0.05) is 18.1 Å². The topological polar surface area (TPSA) is 25.2 Å². The van der Waals surface area contributed by atoms with Crippen molar-refractivity contribution in [1.82, 2.24) is 4.57 Å². The molecule has 3 heteroatoms. The summed E-state index contributed by atoms with van der Waals surface area (Å²) in [6.45, 7) is 7.80. The normalized spacial score (nSPS) is 10.1. The van der Waals surface area contributed by atoms with Gasteiger partial charge >= 0.3 is 0 Å². The van der Waals surface area contributed by atoms with E-state index in [1.54, 1.807) is 6.07 Å². The molecule has 0 aliphatic carbocycles. The minimum Gasteiger partial charge on any atom is -0.505 e. The fourth-order valence-electron chi connectivity index (χ4n) is 1.80. The van der Waals surface area contributed by atoms with Gasteiger partial charge in [-0.15, -0.1) is 0 Å². The van der Waals surface area contributed by atoms with E-state index in [-0.39, 0.29) is 5.75 Å². The number of aromatic hydroxyl groups is 1. The average molecular weight is 223 g/mol. The Morgan fingerprint density at radius 2 is 1.75 bits per heavy atom. The van der Waals surface area contributed by atoms with Gasteiger partial charge in [-0.1, -0.05) is 13.8 Å². The molecule has 0 aliphatic heterocycles. The van der Waals surface area contributed by atoms with Gasteiger partial charge in [0.05, 0.1) is 5.52 Å². The van der Waals surface area contributed by atoms with Crippen LogP contribution in [0.5, 0.6) is 5.75 Å². The average Bonchev–Trinajstić information content (AvgIpc) is 2.52. The molecular formula is C13H18FNO. The van der Waals surface area contributed by atoms with Crippen LogP contribution in [0.2, 0.25) is 0 Å². The van der Waals surface area contributed by atoms with Crippen molar-refractivity contribution in [2.75, 3.05) is 0 Å². The second-order valence-electron chi connectivity index (χ2n) is 3.56. The highest BCUT2D eigenvalue weighted by Crippen LogP contribution is 2.30. The predicted molar refractivity (Wildman–Crippen MR) is 65.4 cm³/mol. The van der Waals surface area contributed by atoms with Gasteiger partial charge in [0.2, 0.25) is 0 Å². The number of fused-ring (bicyclic) bond motifs is 1. The molecule has 16 heavy (non-hydrogen) atoms. The van der Waals surface area contributed by atoms with Crippen LogP contribution in [0, 0.1) is 19.7 Å². The van der Waals surface area contributed by atoms with Crippen LogP contribution in [0.1, 0.15) is 25.1 Å². The van der Waals surface area contributed by atoms with Crippen LogP contribution in [-0.4, -0.2) is 9.67 Å². The van der Waals surface area contributed by atoms with Crippen molar-refractivity contribution in [1.29, 1.82) is 0 Å². The van der Waals surface area contributed by atoms with Gasteiger partial charge in [-0.05, 0) is 31.5 Å². The third kappa shape index (κ3) is 1.66. The molecule has 1 heterocycles. The van der Waals surface area contributed by atoms with Crippen LogP contribution in [-0.2, 0) is 7.05 Å². The zero-order valence-electron chi connectivity index (χ0n) is 10.4. The molecule has 0 amide bonds. The van der Waals surface area contributed by atoms with E-state index in [1.165, 1.54) is 6.07 Å². The van der Waals surface area contributed by atoms with Crippen molar-refractivity contribution in [3.05, 3.63) is 29.2 Å². The van der Waals surface area contributed by atoms with Crippen LogP contribution < -0.4 is 0 Å². The number of aromatic nitrogens is 1. The van der Waals surface area contributed by atoms with Gasteiger partial charge < -0.3 is 9.67 Å². The number of halogens is 1. The molecule has 0 atom stereocenters. The van der Waals surface area contributed by atoms with Crippen LogP contribution in [0.15, 0.2) is 12.1 Å². The molecule has 1 aromatic carbocycles. The molecular weight excluding hydrogens is 205 g/mol. The monoisotopic (exact) mass is 223 g/mol. The molecule has 2 rings (SSSR count). The number of phenols is 1. The van der Waals surface area contributed by atoms with E-state index >= 15 is 0 Å². The van der Waals surface area contributed by atoms with E-state index in [2.05, 4.69) is 0 Å². The second-order valence-corrected chi connectivity index (χ2v) is 3.56. The summed E-state index contributed by atoms with van der Waals surface area (Å²) >= 11 is 0. The number of nitrogens with zero attached hydrogens (tertiary/aromatic N) is 1. The Kier molecular flexibility index (Phi) is 3.58. The molecule has 88 valence electrons. The first-order valence-electron chi connectivity index (χ1n) is 5.47. The maximum Gasteiger partial charge on any atom is 0.174 e. The number of phenolic OH excluding ortho intramolecular Hbond substituents is 1. The first-order valence-corrected chi connectivity index (χ1v) is 5.47. The van der Waals surface area contributed by atoms with E-state index in [9.17, 15) is 9.50 Å². The van der Waals surface area contributed by atoms with Crippen LogP contribution in [0.25, 0.3) is 10.9 Å². The van der Waals surface area contributed by atoms with Crippen LogP contribution in [0.3, 0.4) is 0 Å². The lowest BCUT2D eigenvalue weighted by atomic mass is 10.1. The molecule has 0 bridgehead atoms. The number of benzene rings is 1. The lowest BCUT2D eigenvalue weighted by Crippen LogP contribution is -1.89. The van der Waals surface area contributed by atoms with Gasteiger partial charge in [-0.2, -0.15) is 0 Å². The lowest BCUT2D eigenvalue weighted by molar-refractivity contribution is 0.436. The maximum absolute atomic E-state index is 13.6. The second kappa shape index (κ2) is 4.56. The summed E-state index contributed by atoms with van der Waals surface area (Å²) in [4.78, 5) is 0. The molecule has 0 saturated carbocycles. The van der Waals surface area contributed by atoms with E-state index in [4.69, 9.17) is 0 Å². The first-order chi connectivity index (χ1) is 7.54. The fraction of sp³-hybridized carbons (Fsp3) is 0.385. The first kappa shape index (κ1) is 12.6. The van der Waals surface area contributed by atoms with E-state index in [0.29, 0.717) is 5.39 Å². The summed E-state index contributed by atoms with van der Waals surface area (Å²) in [6.07, 6.45) is 0. The Hall–Kier alpha value is -1.51. The molecule has 0 aliphatic rings. The summed E-state index contributed by atoms with van der Waals surface area (Å²) < 4.78 is 15.5. The van der Waals surface area contributed by atoms with Gasteiger partial charge in [-0.3, -0.25) is 0 Å². The minimum absolute atomic E-state index is 0.286. The van der Waals surface area contributed by atoms with Crippen molar-refractivity contribution >= 4 is 10.9 Å². The molecule has 2 aromatic rings. The van der Waals surface area contributed by atoms with Gasteiger partial charge in [0.25, 0.3) is 0 Å². The standard InChI is InChI=1S/C11H12FNO.C2H6/c1-6-7(2)13(3)8-4-5-9(14)11(12)10(6)8;1-2/h4-5,14H,1-3H3;1-2H3. The van der Waals surface area contributed by atoms with E-state index in [0.717, 1.165) is 16.8 Å². The summed E-state index contributed by atoms with van der Waals surface area (Å²) in [5.74, 6) is -0.810. The van der Waals surface area contributed by atoms with Crippen LogP contribution in [0.4, 0.5) is 4.39 Å². The SMILES string of the molecule is CC.Cc1c(C)n(C)c2ccc(O)c(F)c12. The van der Waals surface area contributed by atoms with Crippen molar-refractivity contribution in [3.8, 4) is 5.75 Å². The summed E-state index contributed by atoms with van der Waals surface area (Å²) in [6, 6.07) is 3.12. The molecule has 1 aromatic heterocycles. The van der Waals surface area contributed by atoms with Crippen molar-refractivity contribution in [3.63, 3.8) is 0 Å². The highest BCUT2D eigenvalue weighted by molar-refractivity contribution is 5.87. The Morgan fingerprint density at radius 3 is 2.31 bits per heavy atom. The number of hydrogen-bond donors (Lipinski definition) is 1. The third-order valence-corrected chi connectivity index (χ3v) is 2.88. The Bertz CT molecular complexity index is 514. The van der Waals surface area contributed by atoms with Gasteiger partial charge in [0.1, 0.15) is 0 Å². The van der Waals surface area contributed by atoms with Crippen molar-refractivity contribution < 1.29 is 9.50 Å². The molecule has 1 N–H and O–H groups in total. The molecule has 2 nitrogen and oxygen atoms in total. The Labute approximate surface area is 95.3 Å². The van der Waals surface area contributed by atoms with Gasteiger partial charge in [-0.25, -0.2) is 4.39 Å². The van der Waals surface area contributed by atoms with Crippen molar-refractivity contribution in [2.24, 2.45) is 7.05 Å². The highest BCUT2D eigenvalue weighted by atomic mass is 19.1. The smallest absolute Gasteiger partial charge is 0.174 e. The molecule has 0 radical (unpaired) electrons. The van der Waals surface area contributed by atoms with Crippen LogP contribution >= 0.6 is 0 Å². The molecule has 0 unspecified atom stereocenters. The Balaban J connectivity index is 0.000000606. The highest BCUT2D eigenvalue weighted by Gasteiger charge is 2.14. The largest absolute Gasteiger partial charge is 0.505 e. The number of hydrogen-bond acceptors (Lipinski definition) is 1. The summed E-state index contributed by atoms with van der Waals surface area (Å²) in [5, 5.41) is 9.78. The minimum atomic E-state index is -0.524. The number of aryl methyl sites for hydroxylation is 2. The lowest BCUT2D eigenvalue weighted by Gasteiger charge is -1.99. The summed E-state index contributed by atoms with van der Waals surface area (Å²) in [7, 11) is 1.89. The molecule has 0 fully saturated rings. The van der Waals surface area contributed by atoms with Crippen molar-refractivity contribution in [2.45, 2.75) is 27.7 Å². The van der Waals surface area contributed by atoms with Gasteiger partial charge in [0.15, 0.2) is 11.6 Å².